The summed E-state index contributed by atoms with van der Waals surface area (Å²) in [7, 11) is 0. The molecule has 3 heteroatoms. The molecule has 1 aromatic heterocycles. The Morgan fingerprint density at radius 3 is 2.87 bits per heavy atom. The van der Waals surface area contributed by atoms with Gasteiger partial charge in [0.2, 0.25) is 0 Å². The van der Waals surface area contributed by atoms with E-state index in [1.165, 1.54) is 6.07 Å². The number of hydrogen-bond donors (Lipinski definition) is 1. The highest BCUT2D eigenvalue weighted by molar-refractivity contribution is 6.17. The Labute approximate surface area is 93.3 Å². The highest BCUT2D eigenvalue weighted by Crippen LogP contribution is 2.17. The van der Waals surface area contributed by atoms with Crippen LogP contribution in [0.5, 0.6) is 0 Å². The lowest BCUT2D eigenvalue weighted by Crippen LogP contribution is -1.85. The SMILES string of the molecule is Fc1ccc2[nH]c(CCCCCl)cc2c1. The maximum Gasteiger partial charge on any atom is 0.123 e. The van der Waals surface area contributed by atoms with Gasteiger partial charge in [-0.2, -0.15) is 0 Å². The standard InChI is InChI=1S/C12H13ClFN/c13-6-2-1-3-11-8-9-7-10(14)4-5-12(9)15-11/h4-5,7-8,15H,1-3,6H2. The van der Waals surface area contributed by atoms with E-state index in [9.17, 15) is 4.39 Å². The molecule has 1 aromatic carbocycles. The van der Waals surface area contributed by atoms with E-state index < -0.39 is 0 Å². The summed E-state index contributed by atoms with van der Waals surface area (Å²) in [6, 6.07) is 6.81. The van der Waals surface area contributed by atoms with Gasteiger partial charge in [-0.15, -0.1) is 11.6 Å². The van der Waals surface area contributed by atoms with Crippen molar-refractivity contribution in [1.82, 2.24) is 4.98 Å². The third-order valence-corrected chi connectivity index (χ3v) is 2.74. The molecule has 2 aromatic rings. The number of H-pyrrole nitrogens is 1. The van der Waals surface area contributed by atoms with Crippen molar-refractivity contribution in [2.24, 2.45) is 0 Å². The van der Waals surface area contributed by atoms with E-state index in [0.29, 0.717) is 5.88 Å². The molecule has 15 heavy (non-hydrogen) atoms. The van der Waals surface area contributed by atoms with Gasteiger partial charge in [0.25, 0.3) is 0 Å². The summed E-state index contributed by atoms with van der Waals surface area (Å²) in [5.41, 5.74) is 2.15. The molecule has 0 radical (unpaired) electrons. The van der Waals surface area contributed by atoms with Crippen molar-refractivity contribution in [3.8, 4) is 0 Å². The fourth-order valence-electron chi connectivity index (χ4n) is 1.71. The van der Waals surface area contributed by atoms with Crippen molar-refractivity contribution in [2.45, 2.75) is 19.3 Å². The zero-order valence-corrected chi connectivity index (χ0v) is 9.15. The van der Waals surface area contributed by atoms with Gasteiger partial charge in [-0.1, -0.05) is 0 Å². The van der Waals surface area contributed by atoms with Gasteiger partial charge in [-0.3, -0.25) is 0 Å². The first-order valence-electron chi connectivity index (χ1n) is 5.13. The van der Waals surface area contributed by atoms with E-state index in [0.717, 1.165) is 35.9 Å². The second kappa shape index (κ2) is 4.67. The Morgan fingerprint density at radius 1 is 1.20 bits per heavy atom. The Hall–Kier alpha value is -1.02. The van der Waals surface area contributed by atoms with Crippen molar-refractivity contribution in [2.75, 3.05) is 5.88 Å². The fraction of sp³-hybridized carbons (Fsp3) is 0.333. The largest absolute Gasteiger partial charge is 0.358 e. The van der Waals surface area contributed by atoms with Gasteiger partial charge in [0.05, 0.1) is 0 Å². The lowest BCUT2D eigenvalue weighted by molar-refractivity contribution is 0.630. The van der Waals surface area contributed by atoms with E-state index in [2.05, 4.69) is 4.98 Å². The smallest absolute Gasteiger partial charge is 0.123 e. The molecule has 0 aliphatic heterocycles. The van der Waals surface area contributed by atoms with Gasteiger partial charge >= 0.3 is 0 Å². The van der Waals surface area contributed by atoms with Crippen LogP contribution in [-0.2, 0) is 6.42 Å². The van der Waals surface area contributed by atoms with E-state index in [1.54, 1.807) is 12.1 Å². The van der Waals surface area contributed by atoms with E-state index in [-0.39, 0.29) is 5.82 Å². The molecule has 0 atom stereocenters. The molecule has 0 saturated heterocycles. The van der Waals surface area contributed by atoms with Crippen LogP contribution in [0.1, 0.15) is 18.5 Å². The summed E-state index contributed by atoms with van der Waals surface area (Å²) in [6.45, 7) is 0. The molecule has 0 unspecified atom stereocenters. The number of rotatable bonds is 4. The van der Waals surface area contributed by atoms with Crippen LogP contribution in [0.25, 0.3) is 10.9 Å². The van der Waals surface area contributed by atoms with Crippen LogP contribution in [0.2, 0.25) is 0 Å². The lowest BCUT2D eigenvalue weighted by atomic mass is 10.2. The van der Waals surface area contributed by atoms with Gasteiger partial charge in [0, 0.05) is 22.5 Å². The van der Waals surface area contributed by atoms with Crippen LogP contribution >= 0.6 is 11.6 Å². The van der Waals surface area contributed by atoms with Crippen LogP contribution in [0.3, 0.4) is 0 Å². The molecule has 0 amide bonds. The van der Waals surface area contributed by atoms with Crippen LogP contribution in [-0.4, -0.2) is 10.9 Å². The summed E-state index contributed by atoms with van der Waals surface area (Å²) >= 11 is 5.61. The minimum atomic E-state index is -0.186. The summed E-state index contributed by atoms with van der Waals surface area (Å²) in [5, 5.41) is 0.941. The minimum Gasteiger partial charge on any atom is -0.358 e. The molecule has 80 valence electrons. The number of nitrogens with one attached hydrogen (secondary N) is 1. The molecule has 0 fully saturated rings. The van der Waals surface area contributed by atoms with E-state index >= 15 is 0 Å². The summed E-state index contributed by atoms with van der Waals surface area (Å²) in [6.07, 6.45) is 3.06. The number of unbranched alkanes of at least 4 members (excludes halogenated alkanes) is 1. The molecule has 0 bridgehead atoms. The summed E-state index contributed by atoms with van der Waals surface area (Å²) < 4.78 is 12.9. The average molecular weight is 226 g/mol. The van der Waals surface area contributed by atoms with Crippen molar-refractivity contribution in [1.29, 1.82) is 0 Å². The van der Waals surface area contributed by atoms with E-state index in [4.69, 9.17) is 11.6 Å². The highest BCUT2D eigenvalue weighted by Gasteiger charge is 2.01. The predicted octanol–water partition coefficient (Wildman–Crippen LogP) is 3.87. The molecule has 1 heterocycles. The van der Waals surface area contributed by atoms with Crippen molar-refractivity contribution < 1.29 is 4.39 Å². The quantitative estimate of drug-likeness (QED) is 0.601. The molecule has 0 aliphatic carbocycles. The first-order valence-corrected chi connectivity index (χ1v) is 5.66. The molecule has 0 aliphatic rings. The molecule has 1 N–H and O–H groups in total. The van der Waals surface area contributed by atoms with Crippen LogP contribution in [0.15, 0.2) is 24.3 Å². The maximum absolute atomic E-state index is 12.9. The summed E-state index contributed by atoms with van der Waals surface area (Å²) in [4.78, 5) is 3.27. The Morgan fingerprint density at radius 2 is 2.07 bits per heavy atom. The minimum absolute atomic E-state index is 0.186. The van der Waals surface area contributed by atoms with Gasteiger partial charge < -0.3 is 4.98 Å². The number of aryl methyl sites for hydroxylation is 1. The maximum atomic E-state index is 12.9. The number of aromatic amines is 1. The van der Waals surface area contributed by atoms with Crippen molar-refractivity contribution >= 4 is 22.5 Å². The molecule has 0 saturated carbocycles. The van der Waals surface area contributed by atoms with Crippen molar-refractivity contribution in [3.63, 3.8) is 0 Å². The fourth-order valence-corrected chi connectivity index (χ4v) is 1.90. The Balaban J connectivity index is 2.16. The Bertz CT molecular complexity index is 450. The third kappa shape index (κ3) is 2.51. The first kappa shape index (κ1) is 10.5. The third-order valence-electron chi connectivity index (χ3n) is 2.47. The number of hydrogen-bond acceptors (Lipinski definition) is 0. The van der Waals surface area contributed by atoms with Gasteiger partial charge in [0.15, 0.2) is 0 Å². The van der Waals surface area contributed by atoms with Crippen LogP contribution in [0.4, 0.5) is 4.39 Å². The topological polar surface area (TPSA) is 15.8 Å². The van der Waals surface area contributed by atoms with E-state index in [1.807, 2.05) is 6.07 Å². The monoisotopic (exact) mass is 225 g/mol. The summed E-state index contributed by atoms with van der Waals surface area (Å²) in [5.74, 6) is 0.517. The molecular weight excluding hydrogens is 213 g/mol. The lowest BCUT2D eigenvalue weighted by Gasteiger charge is -1.94. The highest BCUT2D eigenvalue weighted by atomic mass is 35.5. The molecular formula is C12H13ClFN. The normalized spacial score (nSPS) is 11.1. The number of halogens is 2. The molecule has 0 spiro atoms. The van der Waals surface area contributed by atoms with Gasteiger partial charge in [0.1, 0.15) is 5.82 Å². The Kier molecular flexibility index (Phi) is 3.27. The number of fused-ring (bicyclic) bond motifs is 1. The zero-order valence-electron chi connectivity index (χ0n) is 8.39. The van der Waals surface area contributed by atoms with Crippen molar-refractivity contribution in [3.05, 3.63) is 35.8 Å². The number of benzene rings is 1. The van der Waals surface area contributed by atoms with Gasteiger partial charge in [-0.05, 0) is 43.5 Å². The van der Waals surface area contributed by atoms with Gasteiger partial charge in [-0.25, -0.2) is 4.39 Å². The average Bonchev–Trinajstić information content (AvgIpc) is 2.60. The predicted molar refractivity (Wildman–Crippen MR) is 61.9 cm³/mol. The number of aromatic nitrogens is 1. The van der Waals surface area contributed by atoms with Crippen LogP contribution in [0, 0.1) is 5.82 Å². The molecule has 2 rings (SSSR count). The second-order valence-electron chi connectivity index (χ2n) is 3.67. The zero-order chi connectivity index (χ0) is 10.7. The number of alkyl halides is 1. The first-order chi connectivity index (χ1) is 7.29. The second-order valence-corrected chi connectivity index (χ2v) is 4.05. The molecule has 1 nitrogen and oxygen atoms in total. The van der Waals surface area contributed by atoms with Crippen LogP contribution < -0.4 is 0 Å².